The highest BCUT2D eigenvalue weighted by Gasteiger charge is 2.10. The summed E-state index contributed by atoms with van der Waals surface area (Å²) in [5.41, 5.74) is 5.90. The fourth-order valence-electron chi connectivity index (χ4n) is 2.52. The number of aromatic nitrogens is 2. The first kappa shape index (κ1) is 12.4. The van der Waals surface area contributed by atoms with Gasteiger partial charge in [0.15, 0.2) is 0 Å². The van der Waals surface area contributed by atoms with Gasteiger partial charge in [-0.25, -0.2) is 0 Å². The number of rotatable bonds is 4. The third-order valence-corrected chi connectivity index (χ3v) is 4.36. The first-order valence-corrected chi connectivity index (χ1v) is 7.26. The van der Waals surface area contributed by atoms with Gasteiger partial charge in [-0.2, -0.15) is 0 Å². The van der Waals surface area contributed by atoms with Crippen LogP contribution in [0.15, 0.2) is 36.0 Å². The molecule has 19 heavy (non-hydrogen) atoms. The predicted octanol–water partition coefficient (Wildman–Crippen LogP) is 3.23. The summed E-state index contributed by atoms with van der Waals surface area (Å²) in [5, 5.41) is 4.84. The average molecular weight is 271 g/mol. The van der Waals surface area contributed by atoms with E-state index in [4.69, 9.17) is 0 Å². The maximum Gasteiger partial charge on any atom is 0.0794 e. The number of nitrogens with one attached hydrogen (secondary N) is 1. The van der Waals surface area contributed by atoms with Gasteiger partial charge >= 0.3 is 0 Å². The summed E-state index contributed by atoms with van der Waals surface area (Å²) in [4.78, 5) is 5.37. The maximum atomic E-state index is 4.09. The van der Waals surface area contributed by atoms with Crippen molar-refractivity contribution in [2.45, 2.75) is 20.0 Å². The molecule has 3 nitrogen and oxygen atoms in total. The lowest BCUT2D eigenvalue weighted by Gasteiger charge is -2.07. The highest BCUT2D eigenvalue weighted by Crippen LogP contribution is 2.24. The second-order valence-corrected chi connectivity index (χ2v) is 5.69. The highest BCUT2D eigenvalue weighted by molar-refractivity contribution is 7.09. The molecule has 2 heterocycles. The Labute approximate surface area is 116 Å². The van der Waals surface area contributed by atoms with Crippen LogP contribution in [0.25, 0.3) is 10.9 Å². The van der Waals surface area contributed by atoms with Gasteiger partial charge in [-0.05, 0) is 18.6 Å². The third kappa shape index (κ3) is 2.29. The van der Waals surface area contributed by atoms with Crippen molar-refractivity contribution < 1.29 is 0 Å². The van der Waals surface area contributed by atoms with E-state index < -0.39 is 0 Å². The van der Waals surface area contributed by atoms with Crippen molar-refractivity contribution in [1.29, 1.82) is 0 Å². The van der Waals surface area contributed by atoms with Crippen molar-refractivity contribution in [3.05, 3.63) is 52.1 Å². The van der Waals surface area contributed by atoms with Crippen LogP contribution in [-0.2, 0) is 20.1 Å². The Morgan fingerprint density at radius 3 is 2.84 bits per heavy atom. The molecule has 0 amide bonds. The third-order valence-electron chi connectivity index (χ3n) is 3.58. The van der Waals surface area contributed by atoms with E-state index in [9.17, 15) is 0 Å². The van der Waals surface area contributed by atoms with Crippen LogP contribution in [0.5, 0.6) is 0 Å². The monoisotopic (exact) mass is 271 g/mol. The minimum atomic E-state index is 0.881. The molecule has 0 unspecified atom stereocenters. The number of para-hydroxylation sites is 1. The second-order valence-electron chi connectivity index (χ2n) is 4.72. The summed E-state index contributed by atoms with van der Waals surface area (Å²) < 4.78 is 2.28. The van der Waals surface area contributed by atoms with Gasteiger partial charge in [0.2, 0.25) is 0 Å². The highest BCUT2D eigenvalue weighted by atomic mass is 32.1. The predicted molar refractivity (Wildman–Crippen MR) is 80.3 cm³/mol. The lowest BCUT2D eigenvalue weighted by molar-refractivity contribution is 0.661. The number of benzene rings is 1. The topological polar surface area (TPSA) is 29.9 Å². The molecule has 0 aliphatic rings. The molecule has 0 fully saturated rings. The number of nitrogens with zero attached hydrogens (tertiary/aromatic N) is 2. The Morgan fingerprint density at radius 1 is 1.26 bits per heavy atom. The Hall–Kier alpha value is -1.65. The lowest BCUT2D eigenvalue weighted by Crippen LogP contribution is -2.15. The summed E-state index contributed by atoms with van der Waals surface area (Å²) in [6.07, 6.45) is 1.92. The minimum absolute atomic E-state index is 0.881. The molecule has 2 aromatic heterocycles. The number of fused-ring (bicyclic) bond motifs is 1. The van der Waals surface area contributed by atoms with Crippen molar-refractivity contribution in [3.8, 4) is 0 Å². The summed E-state index contributed by atoms with van der Waals surface area (Å²) in [6.45, 7) is 3.96. The number of hydrogen-bond donors (Lipinski definition) is 1. The molecule has 1 aromatic carbocycles. The van der Waals surface area contributed by atoms with E-state index >= 15 is 0 Å². The van der Waals surface area contributed by atoms with Crippen LogP contribution >= 0.6 is 11.3 Å². The Bertz CT molecular complexity index is 644. The zero-order valence-electron chi connectivity index (χ0n) is 11.2. The molecule has 0 saturated carbocycles. The molecule has 3 rings (SSSR count). The van der Waals surface area contributed by atoms with Crippen molar-refractivity contribution >= 4 is 22.2 Å². The van der Waals surface area contributed by atoms with E-state index in [0.717, 1.165) is 13.1 Å². The van der Waals surface area contributed by atoms with Gasteiger partial charge in [-0.3, -0.25) is 4.98 Å². The van der Waals surface area contributed by atoms with E-state index in [1.165, 1.54) is 27.0 Å². The zero-order valence-corrected chi connectivity index (χ0v) is 12.0. The summed E-state index contributed by atoms with van der Waals surface area (Å²) in [7, 11) is 2.14. The van der Waals surface area contributed by atoms with Gasteiger partial charge in [0.1, 0.15) is 0 Å². The Balaban J connectivity index is 1.81. The quantitative estimate of drug-likeness (QED) is 0.789. The molecule has 0 aliphatic carbocycles. The minimum Gasteiger partial charge on any atom is -0.346 e. The molecular formula is C15H17N3S. The standard InChI is InChI=1S/C15H17N3S/c1-11-13-5-3-4-6-14(13)18(2)15(11)9-16-7-12-8-17-10-19-12/h3-6,8,10,16H,7,9H2,1-2H3. The molecule has 0 spiro atoms. The van der Waals surface area contributed by atoms with E-state index in [-0.39, 0.29) is 0 Å². The largest absolute Gasteiger partial charge is 0.346 e. The van der Waals surface area contributed by atoms with Gasteiger partial charge in [0, 0.05) is 47.8 Å². The molecule has 4 heteroatoms. The van der Waals surface area contributed by atoms with Crippen molar-refractivity contribution in [3.63, 3.8) is 0 Å². The molecule has 0 aliphatic heterocycles. The van der Waals surface area contributed by atoms with Crippen molar-refractivity contribution in [1.82, 2.24) is 14.9 Å². The van der Waals surface area contributed by atoms with Gasteiger partial charge in [0.25, 0.3) is 0 Å². The fourth-order valence-corrected chi connectivity index (χ4v) is 3.08. The molecule has 3 aromatic rings. The normalized spacial score (nSPS) is 11.3. The van der Waals surface area contributed by atoms with Crippen molar-refractivity contribution in [2.75, 3.05) is 0 Å². The van der Waals surface area contributed by atoms with Crippen LogP contribution in [0.2, 0.25) is 0 Å². The maximum absolute atomic E-state index is 4.09. The second kappa shape index (κ2) is 5.15. The van der Waals surface area contributed by atoms with E-state index in [2.05, 4.69) is 53.1 Å². The first-order valence-electron chi connectivity index (χ1n) is 6.38. The van der Waals surface area contributed by atoms with Crippen LogP contribution < -0.4 is 5.32 Å². The van der Waals surface area contributed by atoms with Crippen LogP contribution in [0.1, 0.15) is 16.1 Å². The zero-order chi connectivity index (χ0) is 13.2. The lowest BCUT2D eigenvalue weighted by atomic mass is 10.1. The van der Waals surface area contributed by atoms with Gasteiger partial charge < -0.3 is 9.88 Å². The van der Waals surface area contributed by atoms with Gasteiger partial charge in [0.05, 0.1) is 5.51 Å². The van der Waals surface area contributed by atoms with Crippen molar-refractivity contribution in [2.24, 2.45) is 7.05 Å². The first-order chi connectivity index (χ1) is 9.27. The Kier molecular flexibility index (Phi) is 3.36. The van der Waals surface area contributed by atoms with E-state index in [1.54, 1.807) is 11.3 Å². The summed E-state index contributed by atoms with van der Waals surface area (Å²) in [5.74, 6) is 0. The van der Waals surface area contributed by atoms with Crippen LogP contribution in [0, 0.1) is 6.92 Å². The summed E-state index contributed by atoms with van der Waals surface area (Å²) in [6, 6.07) is 8.56. The average Bonchev–Trinajstić information content (AvgIpc) is 3.02. The smallest absolute Gasteiger partial charge is 0.0794 e. The van der Waals surface area contributed by atoms with Crippen LogP contribution in [0.4, 0.5) is 0 Å². The molecule has 1 N–H and O–H groups in total. The van der Waals surface area contributed by atoms with Crippen LogP contribution in [0.3, 0.4) is 0 Å². The number of aryl methyl sites for hydroxylation is 2. The molecular weight excluding hydrogens is 254 g/mol. The molecule has 98 valence electrons. The molecule has 0 bridgehead atoms. The van der Waals surface area contributed by atoms with Gasteiger partial charge in [-0.1, -0.05) is 18.2 Å². The van der Waals surface area contributed by atoms with Gasteiger partial charge in [-0.15, -0.1) is 11.3 Å². The number of thiazole rings is 1. The van der Waals surface area contributed by atoms with E-state index in [1.807, 2.05) is 11.7 Å². The van der Waals surface area contributed by atoms with Crippen LogP contribution in [-0.4, -0.2) is 9.55 Å². The molecule has 0 saturated heterocycles. The Morgan fingerprint density at radius 2 is 2.11 bits per heavy atom. The fraction of sp³-hybridized carbons (Fsp3) is 0.267. The molecule has 0 radical (unpaired) electrons. The molecule has 0 atom stereocenters. The number of hydrogen-bond acceptors (Lipinski definition) is 3. The SMILES string of the molecule is Cc1c(CNCc2cncs2)n(C)c2ccccc12. The van der Waals surface area contributed by atoms with E-state index in [0.29, 0.717) is 0 Å². The summed E-state index contributed by atoms with van der Waals surface area (Å²) >= 11 is 1.69.